The molecule has 0 spiro atoms. The van der Waals surface area contributed by atoms with Crippen molar-refractivity contribution in [1.29, 1.82) is 0 Å². The topological polar surface area (TPSA) is 95.8 Å². The Labute approximate surface area is 167 Å². The van der Waals surface area contributed by atoms with Crippen molar-refractivity contribution in [3.63, 3.8) is 0 Å². The molecule has 1 fully saturated rings. The predicted molar refractivity (Wildman–Crippen MR) is 93.3 cm³/mol. The van der Waals surface area contributed by atoms with Gasteiger partial charge in [0.25, 0.3) is 0 Å². The number of halogens is 6. The van der Waals surface area contributed by atoms with Gasteiger partial charge in [0.15, 0.2) is 5.69 Å². The Morgan fingerprint density at radius 3 is 2.30 bits per heavy atom. The van der Waals surface area contributed by atoms with Gasteiger partial charge in [-0.15, -0.1) is 0 Å². The fourth-order valence-corrected chi connectivity index (χ4v) is 3.12. The van der Waals surface area contributed by atoms with Crippen LogP contribution in [0.15, 0.2) is 18.7 Å². The molecule has 2 heterocycles. The quantitative estimate of drug-likeness (QED) is 0.616. The monoisotopic (exact) mass is 436 g/mol. The molecule has 0 bridgehead atoms. The van der Waals surface area contributed by atoms with E-state index in [1.165, 1.54) is 0 Å². The van der Waals surface area contributed by atoms with Crippen molar-refractivity contribution in [2.45, 2.75) is 56.7 Å². The number of nitrogens with one attached hydrogen (secondary N) is 2. The molecule has 3 rings (SSSR count). The van der Waals surface area contributed by atoms with Crippen molar-refractivity contribution in [2.75, 3.05) is 10.6 Å². The zero-order chi connectivity index (χ0) is 21.9. The van der Waals surface area contributed by atoms with Gasteiger partial charge in [0.1, 0.15) is 17.7 Å². The van der Waals surface area contributed by atoms with E-state index >= 15 is 0 Å². The highest BCUT2D eigenvalue weighted by atomic mass is 19.4. The summed E-state index contributed by atoms with van der Waals surface area (Å²) in [6, 6.07) is -0.323. The molecule has 0 aliphatic heterocycles. The molecule has 164 valence electrons. The second kappa shape index (κ2) is 8.58. The van der Waals surface area contributed by atoms with Crippen LogP contribution in [0.3, 0.4) is 0 Å². The summed E-state index contributed by atoms with van der Waals surface area (Å²) in [6.07, 6.45) is -5.81. The summed E-state index contributed by atoms with van der Waals surface area (Å²) >= 11 is 0. The molecule has 13 heteroatoms. The summed E-state index contributed by atoms with van der Waals surface area (Å²) in [4.78, 5) is 14.2. The van der Waals surface area contributed by atoms with Gasteiger partial charge in [0.2, 0.25) is 5.95 Å². The van der Waals surface area contributed by atoms with E-state index in [4.69, 9.17) is 0 Å². The van der Waals surface area contributed by atoms with Gasteiger partial charge in [0, 0.05) is 30.5 Å². The van der Waals surface area contributed by atoms with Crippen molar-refractivity contribution in [2.24, 2.45) is 0 Å². The van der Waals surface area contributed by atoms with E-state index in [-0.39, 0.29) is 17.6 Å². The van der Waals surface area contributed by atoms with E-state index in [1.807, 2.05) is 0 Å². The van der Waals surface area contributed by atoms with E-state index in [9.17, 15) is 31.4 Å². The molecule has 0 saturated heterocycles. The fraction of sp³-hybridized carbons (Fsp3) is 0.529. The van der Waals surface area contributed by atoms with Crippen LogP contribution >= 0.6 is 0 Å². The number of hydrogen-bond donors (Lipinski definition) is 3. The number of rotatable bonds is 5. The number of aliphatic hydroxyl groups excluding tert-OH is 1. The Hall–Kier alpha value is -2.70. The van der Waals surface area contributed by atoms with Gasteiger partial charge in [-0.1, -0.05) is 0 Å². The molecule has 1 saturated carbocycles. The highest BCUT2D eigenvalue weighted by Crippen LogP contribution is 2.35. The van der Waals surface area contributed by atoms with Crippen LogP contribution < -0.4 is 10.6 Å². The average molecular weight is 436 g/mol. The molecule has 3 N–H and O–H groups in total. The largest absolute Gasteiger partial charge is 0.433 e. The third-order valence-corrected chi connectivity index (χ3v) is 4.63. The third kappa shape index (κ3) is 5.46. The first kappa shape index (κ1) is 22.0. The Kier molecular flexibility index (Phi) is 6.29. The molecule has 2 aromatic rings. The molecule has 2 aromatic heterocycles. The van der Waals surface area contributed by atoms with Crippen LogP contribution in [0, 0.1) is 0 Å². The normalized spacial score (nSPS) is 20.1. The third-order valence-electron chi connectivity index (χ3n) is 4.63. The Morgan fingerprint density at radius 2 is 1.67 bits per heavy atom. The van der Waals surface area contributed by atoms with Crippen LogP contribution in [-0.2, 0) is 18.9 Å². The minimum absolute atomic E-state index is 0.279. The molecule has 0 unspecified atom stereocenters. The minimum atomic E-state index is -4.72. The number of aliphatic hydroxyl groups is 1. The molecule has 7 nitrogen and oxygen atoms in total. The van der Waals surface area contributed by atoms with Gasteiger partial charge in [-0.2, -0.15) is 31.3 Å². The lowest BCUT2D eigenvalue weighted by Gasteiger charge is -2.27. The molecule has 0 aromatic carbocycles. The smallest absolute Gasteiger partial charge is 0.393 e. The SMILES string of the molecule is OC1CCC(Nc2nc(NCc3cncnc3C(F)(F)F)ncc2C(F)(F)F)CC1. The van der Waals surface area contributed by atoms with Gasteiger partial charge in [0.05, 0.1) is 6.10 Å². The lowest BCUT2D eigenvalue weighted by atomic mass is 9.93. The van der Waals surface area contributed by atoms with Crippen molar-refractivity contribution >= 4 is 11.8 Å². The van der Waals surface area contributed by atoms with E-state index in [2.05, 4.69) is 30.6 Å². The van der Waals surface area contributed by atoms with Gasteiger partial charge in [-0.3, -0.25) is 0 Å². The Morgan fingerprint density at radius 1 is 0.967 bits per heavy atom. The van der Waals surface area contributed by atoms with Crippen LogP contribution in [0.4, 0.5) is 38.1 Å². The first-order valence-corrected chi connectivity index (χ1v) is 9.03. The van der Waals surface area contributed by atoms with Crippen molar-refractivity contribution < 1.29 is 31.4 Å². The minimum Gasteiger partial charge on any atom is -0.393 e. The second-order valence-electron chi connectivity index (χ2n) is 6.85. The summed E-state index contributed by atoms with van der Waals surface area (Å²) in [5, 5.41) is 14.8. The Bertz CT molecular complexity index is 867. The molecule has 0 atom stereocenters. The van der Waals surface area contributed by atoms with E-state index < -0.39 is 42.1 Å². The fourth-order valence-electron chi connectivity index (χ4n) is 3.12. The predicted octanol–water partition coefficient (Wildman–Crippen LogP) is 3.63. The van der Waals surface area contributed by atoms with Crippen LogP contribution in [0.25, 0.3) is 0 Å². The lowest BCUT2D eigenvalue weighted by Crippen LogP contribution is -2.30. The van der Waals surface area contributed by atoms with Gasteiger partial charge >= 0.3 is 12.4 Å². The second-order valence-corrected chi connectivity index (χ2v) is 6.85. The van der Waals surface area contributed by atoms with Crippen molar-refractivity contribution in [3.8, 4) is 0 Å². The zero-order valence-electron chi connectivity index (χ0n) is 15.4. The zero-order valence-corrected chi connectivity index (χ0v) is 15.4. The summed E-state index contributed by atoms with van der Waals surface area (Å²) in [5.74, 6) is -0.750. The summed E-state index contributed by atoms with van der Waals surface area (Å²) in [7, 11) is 0. The number of nitrogens with zero attached hydrogens (tertiary/aromatic N) is 4. The highest BCUT2D eigenvalue weighted by Gasteiger charge is 2.37. The van der Waals surface area contributed by atoms with Gasteiger partial charge in [-0.25, -0.2) is 15.0 Å². The first-order valence-electron chi connectivity index (χ1n) is 9.03. The van der Waals surface area contributed by atoms with Crippen LogP contribution in [0.1, 0.15) is 42.5 Å². The van der Waals surface area contributed by atoms with Gasteiger partial charge < -0.3 is 15.7 Å². The molecule has 1 aliphatic rings. The molecular formula is C17H18F6N6O. The van der Waals surface area contributed by atoms with Crippen LogP contribution in [0.5, 0.6) is 0 Å². The number of anilines is 2. The maximum Gasteiger partial charge on any atom is 0.433 e. The molecule has 1 aliphatic carbocycles. The molecule has 30 heavy (non-hydrogen) atoms. The average Bonchev–Trinajstić information content (AvgIpc) is 2.67. The van der Waals surface area contributed by atoms with Crippen molar-refractivity contribution in [1.82, 2.24) is 19.9 Å². The molecule has 0 radical (unpaired) electrons. The number of alkyl halides is 6. The highest BCUT2D eigenvalue weighted by molar-refractivity contribution is 5.49. The summed E-state index contributed by atoms with van der Waals surface area (Å²) < 4.78 is 79.0. The first-order chi connectivity index (χ1) is 14.0. The number of hydrogen-bond acceptors (Lipinski definition) is 7. The van der Waals surface area contributed by atoms with E-state index in [0.29, 0.717) is 31.9 Å². The summed E-state index contributed by atoms with van der Waals surface area (Å²) in [6.45, 7) is -0.434. The maximum absolute atomic E-state index is 13.3. The summed E-state index contributed by atoms with van der Waals surface area (Å²) in [5.41, 5.74) is -2.54. The number of aromatic nitrogens is 4. The standard InChI is InChI=1S/C17H18F6N6O/c18-16(19,20)12-7-26-15(29-14(12)28-10-1-3-11(30)4-2-10)25-6-9-5-24-8-27-13(9)17(21,22)23/h5,7-8,10-11,30H,1-4,6H2,(H2,25,26,28,29). The van der Waals surface area contributed by atoms with E-state index in [0.717, 1.165) is 12.5 Å². The van der Waals surface area contributed by atoms with Crippen LogP contribution in [0.2, 0.25) is 0 Å². The van der Waals surface area contributed by atoms with Gasteiger partial charge in [-0.05, 0) is 25.7 Å². The van der Waals surface area contributed by atoms with Crippen molar-refractivity contribution in [3.05, 3.63) is 35.5 Å². The molecular weight excluding hydrogens is 418 g/mol. The molecule has 0 amide bonds. The van der Waals surface area contributed by atoms with E-state index in [1.54, 1.807) is 0 Å². The Balaban J connectivity index is 1.80. The van der Waals surface area contributed by atoms with Crippen LogP contribution in [-0.4, -0.2) is 37.2 Å². The lowest BCUT2D eigenvalue weighted by molar-refractivity contribution is -0.142. The maximum atomic E-state index is 13.3.